The molecule has 0 unspecified atom stereocenters. The first-order chi connectivity index (χ1) is 7.82. The number of aromatic nitrogens is 2. The Morgan fingerprint density at radius 1 is 1.41 bits per heavy atom. The van der Waals surface area contributed by atoms with E-state index in [2.05, 4.69) is 10.2 Å². The zero-order chi connectivity index (χ0) is 13.2. The van der Waals surface area contributed by atoms with Crippen LogP contribution in [0.25, 0.3) is 0 Å². The third-order valence-electron chi connectivity index (χ3n) is 2.55. The van der Waals surface area contributed by atoms with E-state index in [1.54, 1.807) is 13.8 Å². The molecule has 0 fully saturated rings. The van der Waals surface area contributed by atoms with Gasteiger partial charge in [-0.05, 0) is 27.7 Å². The van der Waals surface area contributed by atoms with Gasteiger partial charge in [0.2, 0.25) is 10.0 Å². The van der Waals surface area contributed by atoms with E-state index in [-0.39, 0.29) is 10.9 Å². The Morgan fingerprint density at radius 2 is 2.00 bits per heavy atom. The predicted octanol–water partition coefficient (Wildman–Crippen LogP) is 0.384. The number of rotatable bonds is 5. The van der Waals surface area contributed by atoms with E-state index in [0.29, 0.717) is 24.5 Å². The predicted molar refractivity (Wildman–Crippen MR) is 66.1 cm³/mol. The maximum atomic E-state index is 12.5. The minimum absolute atomic E-state index is 0.128. The molecule has 1 aromatic heterocycles. The van der Waals surface area contributed by atoms with Crippen LogP contribution in [0.4, 0.5) is 0 Å². The van der Waals surface area contributed by atoms with Crippen LogP contribution in [-0.4, -0.2) is 42.1 Å². The van der Waals surface area contributed by atoms with Crippen molar-refractivity contribution in [2.75, 3.05) is 13.1 Å². The van der Waals surface area contributed by atoms with E-state index in [1.165, 1.54) is 4.31 Å². The van der Waals surface area contributed by atoms with Crippen molar-refractivity contribution in [2.45, 2.75) is 38.6 Å². The number of nitrogens with zero attached hydrogens (tertiary/aromatic N) is 2. The highest BCUT2D eigenvalue weighted by Crippen LogP contribution is 2.22. The summed E-state index contributed by atoms with van der Waals surface area (Å²) >= 11 is 0. The van der Waals surface area contributed by atoms with Crippen molar-refractivity contribution in [3.63, 3.8) is 0 Å². The normalized spacial score (nSPS) is 12.6. The number of aromatic amines is 1. The molecular formula is C10H20N4O2S. The number of nitrogens with two attached hydrogens (primary N) is 1. The minimum atomic E-state index is -3.52. The molecule has 0 bridgehead atoms. The molecule has 0 amide bonds. The van der Waals surface area contributed by atoms with Gasteiger partial charge in [0.05, 0.1) is 11.4 Å². The van der Waals surface area contributed by atoms with Gasteiger partial charge in [-0.15, -0.1) is 0 Å². The molecule has 0 aromatic carbocycles. The third kappa shape index (κ3) is 2.67. The summed E-state index contributed by atoms with van der Waals surface area (Å²) in [5.41, 5.74) is 6.52. The van der Waals surface area contributed by atoms with Crippen molar-refractivity contribution in [1.82, 2.24) is 14.5 Å². The summed E-state index contributed by atoms with van der Waals surface area (Å²) in [6.07, 6.45) is 0. The van der Waals surface area contributed by atoms with Gasteiger partial charge in [-0.25, -0.2) is 8.42 Å². The summed E-state index contributed by atoms with van der Waals surface area (Å²) in [6, 6.07) is -0.128. The van der Waals surface area contributed by atoms with Crippen molar-refractivity contribution in [3.8, 4) is 0 Å². The smallest absolute Gasteiger partial charge is 0.247 e. The zero-order valence-corrected chi connectivity index (χ0v) is 11.5. The maximum Gasteiger partial charge on any atom is 0.247 e. The lowest BCUT2D eigenvalue weighted by atomic mass is 10.4. The van der Waals surface area contributed by atoms with E-state index in [4.69, 9.17) is 5.73 Å². The molecule has 1 aromatic rings. The molecule has 7 heteroatoms. The zero-order valence-electron chi connectivity index (χ0n) is 10.7. The Morgan fingerprint density at radius 3 is 2.35 bits per heavy atom. The molecule has 6 nitrogen and oxygen atoms in total. The van der Waals surface area contributed by atoms with Crippen LogP contribution < -0.4 is 5.73 Å². The van der Waals surface area contributed by atoms with Crippen LogP contribution in [0.5, 0.6) is 0 Å². The molecule has 3 N–H and O–H groups in total. The molecule has 0 saturated heterocycles. The first-order valence-corrected chi connectivity index (χ1v) is 6.99. The quantitative estimate of drug-likeness (QED) is 0.800. The van der Waals surface area contributed by atoms with Gasteiger partial charge in [-0.3, -0.25) is 5.10 Å². The van der Waals surface area contributed by atoms with Gasteiger partial charge in [-0.2, -0.15) is 9.40 Å². The number of hydrogen-bond donors (Lipinski definition) is 2. The lowest BCUT2D eigenvalue weighted by molar-refractivity contribution is 0.361. The first-order valence-electron chi connectivity index (χ1n) is 5.55. The summed E-state index contributed by atoms with van der Waals surface area (Å²) in [7, 11) is -3.52. The third-order valence-corrected chi connectivity index (χ3v) is 4.89. The van der Waals surface area contributed by atoms with Crippen LogP contribution in [-0.2, 0) is 10.0 Å². The van der Waals surface area contributed by atoms with Gasteiger partial charge in [0.25, 0.3) is 0 Å². The second-order valence-electron chi connectivity index (χ2n) is 4.26. The average Bonchev–Trinajstić information content (AvgIpc) is 2.54. The Bertz CT molecular complexity index is 459. The summed E-state index contributed by atoms with van der Waals surface area (Å²) in [5, 5.41) is 6.61. The van der Waals surface area contributed by atoms with E-state index >= 15 is 0 Å². The number of hydrogen-bond acceptors (Lipinski definition) is 4. The molecule has 0 aliphatic heterocycles. The first kappa shape index (κ1) is 14.1. The number of sulfonamides is 1. The molecule has 0 spiro atoms. The molecule has 0 aliphatic rings. The molecule has 1 heterocycles. The summed E-state index contributed by atoms with van der Waals surface area (Å²) in [6.45, 7) is 7.65. The van der Waals surface area contributed by atoms with Gasteiger partial charge in [-0.1, -0.05) is 0 Å². The molecular weight excluding hydrogens is 240 g/mol. The van der Waals surface area contributed by atoms with Crippen molar-refractivity contribution in [2.24, 2.45) is 5.73 Å². The number of H-pyrrole nitrogens is 1. The van der Waals surface area contributed by atoms with Crippen molar-refractivity contribution in [3.05, 3.63) is 11.4 Å². The van der Waals surface area contributed by atoms with Crippen molar-refractivity contribution < 1.29 is 8.42 Å². The molecule has 1 rings (SSSR count). The largest absolute Gasteiger partial charge is 0.329 e. The lowest BCUT2D eigenvalue weighted by Crippen LogP contribution is -2.40. The summed E-state index contributed by atoms with van der Waals surface area (Å²) in [5.74, 6) is 0. The van der Waals surface area contributed by atoms with Crippen LogP contribution in [0, 0.1) is 13.8 Å². The molecule has 0 atom stereocenters. The van der Waals surface area contributed by atoms with Crippen LogP contribution in [0.1, 0.15) is 25.2 Å². The standard InChI is InChI=1S/C10H20N4O2S/c1-7(2)14(6-5-11)17(15,16)10-8(3)12-13-9(10)4/h7H,5-6,11H2,1-4H3,(H,12,13). The van der Waals surface area contributed by atoms with Crippen molar-refractivity contribution in [1.29, 1.82) is 0 Å². The molecule has 0 aliphatic carbocycles. The van der Waals surface area contributed by atoms with Crippen molar-refractivity contribution >= 4 is 10.0 Å². The van der Waals surface area contributed by atoms with E-state index in [1.807, 2.05) is 13.8 Å². The molecule has 0 saturated carbocycles. The van der Waals surface area contributed by atoms with Gasteiger partial charge in [0, 0.05) is 19.1 Å². The Labute approximate surface area is 102 Å². The minimum Gasteiger partial charge on any atom is -0.329 e. The fraction of sp³-hybridized carbons (Fsp3) is 0.700. The summed E-state index contributed by atoms with van der Waals surface area (Å²) < 4.78 is 26.4. The summed E-state index contributed by atoms with van der Waals surface area (Å²) in [4.78, 5) is 0.264. The second kappa shape index (κ2) is 5.16. The van der Waals surface area contributed by atoms with Gasteiger partial charge >= 0.3 is 0 Å². The van der Waals surface area contributed by atoms with Crippen LogP contribution in [0.2, 0.25) is 0 Å². The highest BCUT2D eigenvalue weighted by Gasteiger charge is 2.30. The SMILES string of the molecule is Cc1n[nH]c(C)c1S(=O)(=O)N(CCN)C(C)C. The fourth-order valence-electron chi connectivity index (χ4n) is 1.82. The maximum absolute atomic E-state index is 12.5. The molecule has 98 valence electrons. The molecule has 0 radical (unpaired) electrons. The van der Waals surface area contributed by atoms with Crippen LogP contribution in [0.15, 0.2) is 4.90 Å². The Hall–Kier alpha value is -0.920. The second-order valence-corrected chi connectivity index (χ2v) is 6.09. The Balaban J connectivity index is 3.26. The van der Waals surface area contributed by atoms with E-state index in [0.717, 1.165) is 0 Å². The van der Waals surface area contributed by atoms with Crippen LogP contribution in [0.3, 0.4) is 0 Å². The number of aryl methyl sites for hydroxylation is 2. The van der Waals surface area contributed by atoms with Gasteiger partial charge < -0.3 is 5.73 Å². The van der Waals surface area contributed by atoms with Gasteiger partial charge in [0.1, 0.15) is 4.90 Å². The van der Waals surface area contributed by atoms with Crippen LogP contribution >= 0.6 is 0 Å². The van der Waals surface area contributed by atoms with E-state index < -0.39 is 10.0 Å². The highest BCUT2D eigenvalue weighted by atomic mass is 32.2. The lowest BCUT2D eigenvalue weighted by Gasteiger charge is -2.25. The topological polar surface area (TPSA) is 92.1 Å². The van der Waals surface area contributed by atoms with Gasteiger partial charge in [0.15, 0.2) is 0 Å². The highest BCUT2D eigenvalue weighted by molar-refractivity contribution is 7.89. The average molecular weight is 260 g/mol. The number of nitrogens with one attached hydrogen (secondary N) is 1. The fourth-order valence-corrected chi connectivity index (χ4v) is 3.81. The monoisotopic (exact) mass is 260 g/mol. The Kier molecular flexibility index (Phi) is 4.29. The van der Waals surface area contributed by atoms with E-state index in [9.17, 15) is 8.42 Å². The molecule has 17 heavy (non-hydrogen) atoms.